The minimum Gasteiger partial charge on any atom is -0.481 e. The lowest BCUT2D eigenvalue weighted by Crippen LogP contribution is -2.47. The van der Waals surface area contributed by atoms with E-state index in [1.807, 2.05) is 36.4 Å². The fraction of sp³-hybridized carbons (Fsp3) is 0.231. The van der Waals surface area contributed by atoms with Crippen LogP contribution in [0.15, 0.2) is 65.8 Å². The number of aliphatic imine (C=N–C) groups is 1. The van der Waals surface area contributed by atoms with Gasteiger partial charge in [-0.15, -0.1) is 0 Å². The highest BCUT2D eigenvalue weighted by atomic mass is 35.5. The van der Waals surface area contributed by atoms with Crippen LogP contribution in [0.2, 0.25) is 10.0 Å². The molecule has 0 aliphatic carbocycles. The molecule has 2 unspecified atom stereocenters. The second kappa shape index (κ2) is 10.5. The third-order valence-corrected chi connectivity index (χ3v) is 6.55. The van der Waals surface area contributed by atoms with Crippen LogP contribution in [-0.4, -0.2) is 42.8 Å². The van der Waals surface area contributed by atoms with Crippen LogP contribution in [0.3, 0.4) is 0 Å². The van der Waals surface area contributed by atoms with Crippen molar-refractivity contribution in [3.8, 4) is 5.88 Å². The number of benzodiazepines with no additional fused rings is 1. The van der Waals surface area contributed by atoms with E-state index in [4.69, 9.17) is 32.9 Å². The van der Waals surface area contributed by atoms with Crippen molar-refractivity contribution >= 4 is 46.4 Å². The zero-order chi connectivity index (χ0) is 25.1. The van der Waals surface area contributed by atoms with Crippen molar-refractivity contribution in [2.75, 3.05) is 19.1 Å². The first-order chi connectivity index (χ1) is 16.8. The number of fused-ring (bicyclic) bond motifs is 1. The molecule has 35 heavy (non-hydrogen) atoms. The van der Waals surface area contributed by atoms with Crippen LogP contribution in [0.25, 0.3) is 0 Å². The van der Waals surface area contributed by atoms with Crippen molar-refractivity contribution < 1.29 is 14.3 Å². The Bertz CT molecular complexity index is 1290. The minimum atomic E-state index is -1.10. The number of aromatic nitrogens is 1. The van der Waals surface area contributed by atoms with E-state index in [1.165, 1.54) is 4.90 Å². The predicted octanol–water partition coefficient (Wildman–Crippen LogP) is 4.53. The van der Waals surface area contributed by atoms with Gasteiger partial charge in [0.15, 0.2) is 0 Å². The maximum atomic E-state index is 13.3. The Labute approximate surface area is 213 Å². The molecule has 2 amide bonds. The van der Waals surface area contributed by atoms with Crippen LogP contribution in [0.4, 0.5) is 5.69 Å². The third-order valence-electron chi connectivity index (χ3n) is 5.81. The van der Waals surface area contributed by atoms with Crippen LogP contribution < -0.4 is 15.0 Å². The summed E-state index contributed by atoms with van der Waals surface area (Å²) in [6, 6.07) is 16.3. The highest BCUT2D eigenvalue weighted by Gasteiger charge is 2.32. The Kier molecular flexibility index (Phi) is 7.38. The first kappa shape index (κ1) is 24.7. The van der Waals surface area contributed by atoms with Gasteiger partial charge in [-0.3, -0.25) is 9.59 Å². The lowest BCUT2D eigenvalue weighted by Gasteiger charge is -2.22. The number of ether oxygens (including phenoxy) is 1. The van der Waals surface area contributed by atoms with Gasteiger partial charge in [0.05, 0.1) is 28.6 Å². The fourth-order valence-corrected chi connectivity index (χ4v) is 4.20. The molecule has 0 radical (unpaired) electrons. The number of pyridine rings is 1. The smallest absolute Gasteiger partial charge is 0.272 e. The van der Waals surface area contributed by atoms with E-state index in [1.54, 1.807) is 45.5 Å². The Morgan fingerprint density at radius 2 is 1.91 bits per heavy atom. The largest absolute Gasteiger partial charge is 0.481 e. The number of benzene rings is 2. The average molecular weight is 511 g/mol. The van der Waals surface area contributed by atoms with Gasteiger partial charge in [-0.2, -0.15) is 0 Å². The number of rotatable bonds is 6. The van der Waals surface area contributed by atoms with E-state index in [9.17, 15) is 9.59 Å². The van der Waals surface area contributed by atoms with E-state index < -0.39 is 12.1 Å². The van der Waals surface area contributed by atoms with Crippen molar-refractivity contribution in [3.63, 3.8) is 0 Å². The molecule has 2 atom stereocenters. The van der Waals surface area contributed by atoms with Gasteiger partial charge in [0.25, 0.3) is 5.91 Å². The van der Waals surface area contributed by atoms with E-state index in [0.29, 0.717) is 39.3 Å². The summed E-state index contributed by atoms with van der Waals surface area (Å²) >= 11 is 12.1. The second-order valence-electron chi connectivity index (χ2n) is 8.25. The highest BCUT2D eigenvalue weighted by molar-refractivity contribution is 6.42. The monoisotopic (exact) mass is 510 g/mol. The third kappa shape index (κ3) is 5.31. The Hall–Kier alpha value is -3.42. The molecule has 180 valence electrons. The van der Waals surface area contributed by atoms with Crippen LogP contribution in [-0.2, 0) is 16.0 Å². The summed E-state index contributed by atoms with van der Waals surface area (Å²) in [5.74, 6) is -0.614. The van der Waals surface area contributed by atoms with E-state index >= 15 is 0 Å². The molecule has 0 spiro atoms. The quantitative estimate of drug-likeness (QED) is 0.527. The molecule has 1 aliphatic heterocycles. The number of halogens is 2. The molecule has 9 heteroatoms. The number of carbonyl (C=O) groups excluding carboxylic acids is 2. The molecule has 1 aliphatic rings. The molecular weight excluding hydrogens is 487 g/mol. The van der Waals surface area contributed by atoms with Crippen LogP contribution in [0, 0.1) is 5.92 Å². The lowest BCUT2D eigenvalue weighted by molar-refractivity contribution is -0.129. The molecule has 0 saturated carbocycles. The summed E-state index contributed by atoms with van der Waals surface area (Å²) in [5, 5.41) is 3.70. The number of carbonyl (C=O) groups is 2. The van der Waals surface area contributed by atoms with E-state index in [2.05, 4.69) is 10.3 Å². The Morgan fingerprint density at radius 1 is 1.14 bits per heavy atom. The van der Waals surface area contributed by atoms with Gasteiger partial charge in [0.1, 0.15) is 0 Å². The summed E-state index contributed by atoms with van der Waals surface area (Å²) in [6.45, 7) is 1.79. The average Bonchev–Trinajstić information content (AvgIpc) is 2.97. The minimum absolute atomic E-state index is 0.301. The summed E-state index contributed by atoms with van der Waals surface area (Å²) in [4.78, 5) is 36.9. The zero-order valence-corrected chi connectivity index (χ0v) is 21.0. The van der Waals surface area contributed by atoms with Crippen molar-refractivity contribution in [1.82, 2.24) is 10.3 Å². The van der Waals surface area contributed by atoms with E-state index in [0.717, 1.165) is 11.1 Å². The number of likely N-dealkylation sites (N-methyl/N-ethyl adjacent to an activating group) is 1. The maximum Gasteiger partial charge on any atom is 0.272 e. The van der Waals surface area contributed by atoms with Crippen molar-refractivity contribution in [1.29, 1.82) is 0 Å². The summed E-state index contributed by atoms with van der Waals surface area (Å²) in [6.07, 6.45) is 0.961. The first-order valence-electron chi connectivity index (χ1n) is 11.0. The van der Waals surface area contributed by atoms with Gasteiger partial charge < -0.3 is 15.0 Å². The second-order valence-corrected chi connectivity index (χ2v) is 9.06. The standard InChI is InChI=1S/C26H24Cl2N4O3/c1-15(12-16-8-10-19(27)20(28)13-16)25(33)31-24-26(34)32(2)21-7-5-4-6-18(21)23(30-24)17-9-11-22(35-3)29-14-17/h4-11,13-15,24H,12H2,1-3H3,(H,31,33). The Balaban J connectivity index is 1.64. The molecule has 0 bridgehead atoms. The van der Waals surface area contributed by atoms with Gasteiger partial charge in [-0.1, -0.05) is 54.4 Å². The lowest BCUT2D eigenvalue weighted by atomic mass is 10.0. The molecule has 2 aromatic carbocycles. The molecular formula is C26H24Cl2N4O3. The molecule has 3 aromatic rings. The highest BCUT2D eigenvalue weighted by Crippen LogP contribution is 2.28. The number of methoxy groups -OCH3 is 1. The topological polar surface area (TPSA) is 83.9 Å². The van der Waals surface area contributed by atoms with Crippen molar-refractivity contribution in [2.45, 2.75) is 19.5 Å². The predicted molar refractivity (Wildman–Crippen MR) is 138 cm³/mol. The molecule has 2 heterocycles. The molecule has 0 fully saturated rings. The molecule has 7 nitrogen and oxygen atoms in total. The molecule has 1 N–H and O–H groups in total. The normalized spacial score (nSPS) is 16.1. The maximum absolute atomic E-state index is 13.3. The molecule has 1 aromatic heterocycles. The number of anilines is 1. The number of nitrogens with one attached hydrogen (secondary N) is 1. The van der Waals surface area contributed by atoms with Gasteiger partial charge in [-0.25, -0.2) is 9.98 Å². The number of nitrogens with zero attached hydrogens (tertiary/aromatic N) is 3. The van der Waals surface area contributed by atoms with Gasteiger partial charge >= 0.3 is 0 Å². The number of para-hydroxylation sites is 1. The fourth-order valence-electron chi connectivity index (χ4n) is 3.88. The number of amides is 2. The number of hydrogen-bond acceptors (Lipinski definition) is 5. The van der Waals surface area contributed by atoms with Crippen LogP contribution in [0.1, 0.15) is 23.6 Å². The van der Waals surface area contributed by atoms with Crippen molar-refractivity contribution in [3.05, 3.63) is 87.5 Å². The van der Waals surface area contributed by atoms with Gasteiger partial charge in [-0.05, 0) is 36.2 Å². The van der Waals surface area contributed by atoms with Gasteiger partial charge in [0, 0.05) is 36.4 Å². The van der Waals surface area contributed by atoms with Crippen LogP contribution >= 0.6 is 23.2 Å². The Morgan fingerprint density at radius 3 is 2.60 bits per heavy atom. The summed E-state index contributed by atoms with van der Waals surface area (Å²) in [5.41, 5.74) is 3.57. The SMILES string of the molecule is COc1ccc(C2=NC(NC(=O)C(C)Cc3ccc(Cl)c(Cl)c3)C(=O)N(C)c3ccccc32)cn1. The summed E-state index contributed by atoms with van der Waals surface area (Å²) in [7, 11) is 3.21. The number of hydrogen-bond donors (Lipinski definition) is 1. The van der Waals surface area contributed by atoms with Crippen molar-refractivity contribution in [2.24, 2.45) is 10.9 Å². The first-order valence-corrected chi connectivity index (χ1v) is 11.7. The molecule has 0 saturated heterocycles. The van der Waals surface area contributed by atoms with Gasteiger partial charge in [0.2, 0.25) is 18.0 Å². The van der Waals surface area contributed by atoms with Crippen LogP contribution in [0.5, 0.6) is 5.88 Å². The van der Waals surface area contributed by atoms with E-state index in [-0.39, 0.29) is 11.8 Å². The summed E-state index contributed by atoms with van der Waals surface area (Å²) < 4.78 is 5.16. The molecule has 4 rings (SSSR count). The zero-order valence-electron chi connectivity index (χ0n) is 19.5.